The Morgan fingerprint density at radius 3 is 2.84 bits per heavy atom. The van der Waals surface area contributed by atoms with Crippen molar-refractivity contribution in [2.75, 3.05) is 13.1 Å². The van der Waals surface area contributed by atoms with Gasteiger partial charge in [0.05, 0.1) is 17.2 Å². The topological polar surface area (TPSA) is 62.7 Å². The summed E-state index contributed by atoms with van der Waals surface area (Å²) in [5.41, 5.74) is 0.321. The van der Waals surface area contributed by atoms with Crippen LogP contribution in [0.4, 0.5) is 0 Å². The Bertz CT molecular complexity index is 450. The third-order valence-corrected chi connectivity index (χ3v) is 3.14. The molecule has 0 aromatic carbocycles. The van der Waals surface area contributed by atoms with Crippen molar-refractivity contribution in [2.24, 2.45) is 0 Å². The van der Waals surface area contributed by atoms with Crippen LogP contribution in [0.25, 0.3) is 0 Å². The molecule has 0 radical (unpaired) electrons. The van der Waals surface area contributed by atoms with E-state index in [2.05, 4.69) is 4.98 Å². The molecule has 1 aromatic rings. The fraction of sp³-hybridized carbons (Fsp3) is 0.538. The average molecular weight is 285 g/mol. The van der Waals surface area contributed by atoms with Gasteiger partial charge in [-0.25, -0.2) is 4.98 Å². The average Bonchev–Trinajstić information content (AvgIpc) is 2.70. The second kappa shape index (κ2) is 5.86. The fourth-order valence-electron chi connectivity index (χ4n) is 2.07. The van der Waals surface area contributed by atoms with Crippen LogP contribution in [0.15, 0.2) is 18.3 Å². The number of nitrogens with zero attached hydrogens (tertiary/aromatic N) is 2. The minimum atomic E-state index is -0.654. The van der Waals surface area contributed by atoms with E-state index >= 15 is 0 Å². The van der Waals surface area contributed by atoms with E-state index in [1.54, 1.807) is 17.0 Å². The fourth-order valence-corrected chi connectivity index (χ4v) is 2.18. The number of amides is 1. The predicted molar refractivity (Wildman–Crippen MR) is 71.2 cm³/mol. The molecule has 0 bridgehead atoms. The number of aromatic nitrogens is 1. The van der Waals surface area contributed by atoms with Crippen LogP contribution in [0.5, 0.6) is 0 Å². The van der Waals surface area contributed by atoms with E-state index in [9.17, 15) is 9.90 Å². The van der Waals surface area contributed by atoms with Gasteiger partial charge in [-0.2, -0.15) is 0 Å². The zero-order chi connectivity index (χ0) is 14.0. The first-order valence-electron chi connectivity index (χ1n) is 6.21. The molecule has 2 rings (SSSR count). The van der Waals surface area contributed by atoms with E-state index in [4.69, 9.17) is 16.3 Å². The van der Waals surface area contributed by atoms with Gasteiger partial charge in [0.1, 0.15) is 11.8 Å². The summed E-state index contributed by atoms with van der Waals surface area (Å²) in [5, 5.41) is 10.4. The highest BCUT2D eigenvalue weighted by molar-refractivity contribution is 6.30. The number of rotatable bonds is 3. The van der Waals surface area contributed by atoms with E-state index in [-0.39, 0.29) is 24.7 Å². The standard InChI is InChI=1S/C13H17ClN2O3/c1-8(2)19-12-7-16(6-11(12)17)13(18)10-4-3-9(14)5-15-10/h3-5,8,11-12,17H,6-7H2,1-2H3/t11-,12-/m0/s1. The van der Waals surface area contributed by atoms with Gasteiger partial charge in [0, 0.05) is 19.3 Å². The molecule has 0 spiro atoms. The maximum Gasteiger partial charge on any atom is 0.272 e. The van der Waals surface area contributed by atoms with Crippen molar-refractivity contribution in [3.8, 4) is 0 Å². The molecule has 5 nitrogen and oxygen atoms in total. The minimum Gasteiger partial charge on any atom is -0.388 e. The highest BCUT2D eigenvalue weighted by atomic mass is 35.5. The molecule has 19 heavy (non-hydrogen) atoms. The second-order valence-electron chi connectivity index (χ2n) is 4.86. The molecule has 1 fully saturated rings. The molecule has 1 N–H and O–H groups in total. The second-order valence-corrected chi connectivity index (χ2v) is 5.30. The molecule has 0 saturated carbocycles. The summed E-state index contributed by atoms with van der Waals surface area (Å²) >= 11 is 5.73. The van der Waals surface area contributed by atoms with Crippen molar-refractivity contribution in [3.63, 3.8) is 0 Å². The Hall–Kier alpha value is -1.17. The Kier molecular flexibility index (Phi) is 4.39. The van der Waals surface area contributed by atoms with Gasteiger partial charge < -0.3 is 14.7 Å². The van der Waals surface area contributed by atoms with Crippen LogP contribution in [-0.2, 0) is 4.74 Å². The largest absolute Gasteiger partial charge is 0.388 e. The Balaban J connectivity index is 2.03. The maximum absolute atomic E-state index is 12.2. The molecule has 0 aliphatic carbocycles. The molecular weight excluding hydrogens is 268 g/mol. The number of halogens is 1. The Morgan fingerprint density at radius 2 is 2.26 bits per heavy atom. The van der Waals surface area contributed by atoms with Gasteiger partial charge in [-0.15, -0.1) is 0 Å². The van der Waals surface area contributed by atoms with Crippen LogP contribution < -0.4 is 0 Å². The summed E-state index contributed by atoms with van der Waals surface area (Å²) in [7, 11) is 0. The first-order chi connectivity index (χ1) is 8.97. The van der Waals surface area contributed by atoms with Crippen molar-refractivity contribution in [1.29, 1.82) is 0 Å². The normalized spacial score (nSPS) is 23.1. The number of pyridine rings is 1. The highest BCUT2D eigenvalue weighted by Gasteiger charge is 2.35. The van der Waals surface area contributed by atoms with Crippen LogP contribution in [0.3, 0.4) is 0 Å². The van der Waals surface area contributed by atoms with Crippen molar-refractivity contribution in [3.05, 3.63) is 29.0 Å². The van der Waals surface area contributed by atoms with Gasteiger partial charge in [0.15, 0.2) is 0 Å². The van der Waals surface area contributed by atoms with Crippen LogP contribution in [-0.4, -0.2) is 52.3 Å². The zero-order valence-electron chi connectivity index (χ0n) is 10.9. The van der Waals surface area contributed by atoms with Gasteiger partial charge in [0.2, 0.25) is 0 Å². The van der Waals surface area contributed by atoms with E-state index in [1.165, 1.54) is 6.20 Å². The summed E-state index contributed by atoms with van der Waals surface area (Å²) in [6.45, 7) is 4.44. The van der Waals surface area contributed by atoms with Crippen molar-refractivity contribution >= 4 is 17.5 Å². The third kappa shape index (κ3) is 3.43. The van der Waals surface area contributed by atoms with Crippen molar-refractivity contribution < 1.29 is 14.6 Å². The molecule has 1 amide bonds. The Morgan fingerprint density at radius 1 is 1.53 bits per heavy atom. The molecule has 1 aliphatic rings. The van der Waals surface area contributed by atoms with Crippen LogP contribution >= 0.6 is 11.6 Å². The minimum absolute atomic E-state index is 0.0170. The molecule has 1 aromatic heterocycles. The van der Waals surface area contributed by atoms with E-state index in [1.807, 2.05) is 13.8 Å². The third-order valence-electron chi connectivity index (χ3n) is 2.92. The lowest BCUT2D eigenvalue weighted by Gasteiger charge is -2.18. The summed E-state index contributed by atoms with van der Waals surface area (Å²) in [6.07, 6.45) is 0.460. The van der Waals surface area contributed by atoms with Gasteiger partial charge >= 0.3 is 0 Å². The van der Waals surface area contributed by atoms with Gasteiger partial charge in [-0.05, 0) is 26.0 Å². The molecule has 1 aliphatic heterocycles. The van der Waals surface area contributed by atoms with E-state index in [0.29, 0.717) is 17.3 Å². The molecular formula is C13H17ClN2O3. The summed E-state index contributed by atoms with van der Waals surface area (Å²) in [6, 6.07) is 3.20. The van der Waals surface area contributed by atoms with Gasteiger partial charge in [0.25, 0.3) is 5.91 Å². The Labute approximate surface area is 117 Å². The SMILES string of the molecule is CC(C)O[C@H]1CN(C(=O)c2ccc(Cl)cn2)C[C@@H]1O. The molecule has 2 atom stereocenters. The van der Waals surface area contributed by atoms with Crippen LogP contribution in [0.2, 0.25) is 5.02 Å². The summed E-state index contributed by atoms with van der Waals surface area (Å²) in [5.74, 6) is -0.217. The molecule has 2 heterocycles. The molecule has 0 unspecified atom stereocenters. The van der Waals surface area contributed by atoms with E-state index in [0.717, 1.165) is 0 Å². The summed E-state index contributed by atoms with van der Waals surface area (Å²) in [4.78, 5) is 17.7. The van der Waals surface area contributed by atoms with Gasteiger partial charge in [-0.3, -0.25) is 4.79 Å². The first-order valence-corrected chi connectivity index (χ1v) is 6.59. The lowest BCUT2D eigenvalue weighted by Crippen LogP contribution is -2.31. The zero-order valence-corrected chi connectivity index (χ0v) is 11.7. The van der Waals surface area contributed by atoms with Crippen LogP contribution in [0, 0.1) is 0 Å². The number of hydrogen-bond donors (Lipinski definition) is 1. The molecule has 1 saturated heterocycles. The van der Waals surface area contributed by atoms with Gasteiger partial charge in [-0.1, -0.05) is 11.6 Å². The number of likely N-dealkylation sites (tertiary alicyclic amines) is 1. The lowest BCUT2D eigenvalue weighted by molar-refractivity contribution is -0.0394. The number of aliphatic hydroxyl groups is 1. The van der Waals surface area contributed by atoms with E-state index < -0.39 is 6.10 Å². The number of aliphatic hydroxyl groups excluding tert-OH is 1. The van der Waals surface area contributed by atoms with Crippen molar-refractivity contribution in [2.45, 2.75) is 32.2 Å². The number of β-amino-alcohol motifs (C(OH)–C–C–N with tert-alkyl or cyclic N) is 1. The number of carbonyl (C=O) groups is 1. The highest BCUT2D eigenvalue weighted by Crippen LogP contribution is 2.18. The first kappa shape index (κ1) is 14.2. The molecule has 6 heteroatoms. The van der Waals surface area contributed by atoms with Crippen molar-refractivity contribution in [1.82, 2.24) is 9.88 Å². The monoisotopic (exact) mass is 284 g/mol. The lowest BCUT2D eigenvalue weighted by atomic mass is 10.2. The number of hydrogen-bond acceptors (Lipinski definition) is 4. The predicted octanol–water partition coefficient (Wildman–Crippen LogP) is 1.35. The number of carbonyl (C=O) groups excluding carboxylic acids is 1. The van der Waals surface area contributed by atoms with Crippen LogP contribution in [0.1, 0.15) is 24.3 Å². The number of ether oxygens (including phenoxy) is 1. The molecule has 104 valence electrons. The summed E-state index contributed by atoms with van der Waals surface area (Å²) < 4.78 is 5.57. The maximum atomic E-state index is 12.2. The smallest absolute Gasteiger partial charge is 0.272 e. The quantitative estimate of drug-likeness (QED) is 0.910.